The van der Waals surface area contributed by atoms with E-state index in [2.05, 4.69) is 5.10 Å². The zero-order valence-corrected chi connectivity index (χ0v) is 14.1. The van der Waals surface area contributed by atoms with Crippen LogP contribution in [0.3, 0.4) is 0 Å². The number of aromatic nitrogens is 2. The highest BCUT2D eigenvalue weighted by Crippen LogP contribution is 2.37. The summed E-state index contributed by atoms with van der Waals surface area (Å²) in [5.74, 6) is 0.177. The second kappa shape index (κ2) is 8.06. The monoisotopic (exact) mass is 385 g/mol. The van der Waals surface area contributed by atoms with Gasteiger partial charge in [-0.3, -0.25) is 0 Å². The summed E-state index contributed by atoms with van der Waals surface area (Å²) in [6, 6.07) is 5.39. The zero-order valence-electron chi connectivity index (χ0n) is 12.5. The Morgan fingerprint density at radius 1 is 1.42 bits per heavy atom. The van der Waals surface area contributed by atoms with Crippen LogP contribution in [0.15, 0.2) is 24.3 Å². The summed E-state index contributed by atoms with van der Waals surface area (Å²) in [6.07, 6.45) is -4.88. The fraction of sp³-hybridized carbons (Fsp3) is 0.357. The molecule has 1 aromatic carbocycles. The first-order valence-electron chi connectivity index (χ1n) is 6.65. The van der Waals surface area contributed by atoms with Gasteiger partial charge in [0, 0.05) is 23.7 Å². The van der Waals surface area contributed by atoms with Gasteiger partial charge < -0.3 is 15.6 Å². The molecule has 0 bridgehead atoms. The number of alkyl halides is 3. The summed E-state index contributed by atoms with van der Waals surface area (Å²) >= 11 is 5.84. The predicted octanol–water partition coefficient (Wildman–Crippen LogP) is 3.17. The largest absolute Gasteiger partial charge is 0.439 e. The number of hydrogen-bond donors (Lipinski definition) is 2. The van der Waals surface area contributed by atoms with Crippen LogP contribution in [0.2, 0.25) is 5.02 Å². The van der Waals surface area contributed by atoms with Crippen molar-refractivity contribution in [3.8, 4) is 11.6 Å². The molecular formula is C14H16Cl2F3N3O2. The zero-order chi connectivity index (χ0) is 17.2. The summed E-state index contributed by atoms with van der Waals surface area (Å²) in [6.45, 7) is -0.456. The average Bonchev–Trinajstić information content (AvgIpc) is 2.76. The number of aliphatic hydroxyl groups excluding tert-OH is 1. The van der Waals surface area contributed by atoms with Gasteiger partial charge in [0.15, 0.2) is 5.69 Å². The third-order valence-electron chi connectivity index (χ3n) is 3.07. The Balaban J connectivity index is 0.00000288. The molecule has 0 aliphatic rings. The fourth-order valence-electron chi connectivity index (χ4n) is 2.06. The van der Waals surface area contributed by atoms with Crippen molar-refractivity contribution in [3.63, 3.8) is 0 Å². The van der Waals surface area contributed by atoms with Crippen molar-refractivity contribution in [2.75, 3.05) is 6.61 Å². The summed E-state index contributed by atoms with van der Waals surface area (Å²) in [7, 11) is 1.34. The van der Waals surface area contributed by atoms with Crippen LogP contribution >= 0.6 is 24.0 Å². The van der Waals surface area contributed by atoms with Crippen molar-refractivity contribution in [3.05, 3.63) is 40.5 Å². The third-order valence-corrected chi connectivity index (χ3v) is 3.30. The van der Waals surface area contributed by atoms with E-state index in [4.69, 9.17) is 27.2 Å². The van der Waals surface area contributed by atoms with Crippen molar-refractivity contribution < 1.29 is 23.0 Å². The van der Waals surface area contributed by atoms with Crippen LogP contribution in [-0.4, -0.2) is 27.5 Å². The molecule has 0 fully saturated rings. The lowest BCUT2D eigenvalue weighted by Gasteiger charge is -2.13. The molecule has 1 unspecified atom stereocenters. The Bertz CT molecular complexity index is 692. The number of aliphatic hydroxyl groups is 1. The molecule has 0 aliphatic heterocycles. The maximum atomic E-state index is 13.1. The SMILES string of the molecule is Cl.Cn1nc(C(F)(F)F)c(CC(N)CO)c1Oc1cccc(Cl)c1. The summed E-state index contributed by atoms with van der Waals surface area (Å²) < 4.78 is 45.9. The molecule has 134 valence electrons. The maximum absolute atomic E-state index is 13.1. The smallest absolute Gasteiger partial charge is 0.435 e. The highest BCUT2D eigenvalue weighted by molar-refractivity contribution is 6.30. The molecule has 10 heteroatoms. The highest BCUT2D eigenvalue weighted by atomic mass is 35.5. The lowest BCUT2D eigenvalue weighted by molar-refractivity contribution is -0.142. The first kappa shape index (κ1) is 20.6. The quantitative estimate of drug-likeness (QED) is 0.828. The van der Waals surface area contributed by atoms with Gasteiger partial charge in [-0.15, -0.1) is 12.4 Å². The van der Waals surface area contributed by atoms with E-state index >= 15 is 0 Å². The molecule has 5 nitrogen and oxygen atoms in total. The molecule has 0 saturated carbocycles. The van der Waals surface area contributed by atoms with E-state index in [1.807, 2.05) is 0 Å². The normalized spacial score (nSPS) is 12.6. The van der Waals surface area contributed by atoms with Gasteiger partial charge in [0.1, 0.15) is 5.75 Å². The van der Waals surface area contributed by atoms with Crippen molar-refractivity contribution in [1.82, 2.24) is 9.78 Å². The standard InChI is InChI=1S/C14H15ClF3N3O2.ClH/c1-21-13(23-10-4-2-3-8(15)5-10)11(6-9(19)7-22)12(20-21)14(16,17)18;/h2-5,9,22H,6-7,19H2,1H3;1H. The van der Waals surface area contributed by atoms with Crippen LogP contribution in [0.5, 0.6) is 11.6 Å². The van der Waals surface area contributed by atoms with Gasteiger partial charge >= 0.3 is 6.18 Å². The molecule has 0 saturated heterocycles. The third kappa shape index (κ3) is 4.76. The highest BCUT2D eigenvalue weighted by Gasteiger charge is 2.39. The Kier molecular flexibility index (Phi) is 6.91. The Hall–Kier alpha value is -1.48. The Labute approximate surface area is 147 Å². The van der Waals surface area contributed by atoms with Crippen LogP contribution in [0.4, 0.5) is 13.2 Å². The van der Waals surface area contributed by atoms with E-state index in [0.717, 1.165) is 4.68 Å². The van der Waals surface area contributed by atoms with Gasteiger partial charge in [-0.2, -0.15) is 18.3 Å². The van der Waals surface area contributed by atoms with Crippen molar-refractivity contribution in [2.45, 2.75) is 18.6 Å². The molecular weight excluding hydrogens is 370 g/mol. The van der Waals surface area contributed by atoms with Crippen molar-refractivity contribution >= 4 is 24.0 Å². The first-order chi connectivity index (χ1) is 10.7. The first-order valence-corrected chi connectivity index (χ1v) is 7.03. The average molecular weight is 386 g/mol. The second-order valence-electron chi connectivity index (χ2n) is 4.96. The molecule has 24 heavy (non-hydrogen) atoms. The minimum atomic E-state index is -4.65. The van der Waals surface area contributed by atoms with E-state index < -0.39 is 24.5 Å². The van der Waals surface area contributed by atoms with Gasteiger partial charge in [-0.05, 0) is 24.6 Å². The molecule has 2 aromatic rings. The number of nitrogens with zero attached hydrogens (tertiary/aromatic N) is 2. The number of aryl methyl sites for hydroxylation is 1. The number of nitrogens with two attached hydrogens (primary N) is 1. The van der Waals surface area contributed by atoms with Crippen LogP contribution in [0.25, 0.3) is 0 Å². The lowest BCUT2D eigenvalue weighted by atomic mass is 10.1. The number of rotatable bonds is 5. The van der Waals surface area contributed by atoms with E-state index in [0.29, 0.717) is 5.02 Å². The molecule has 1 aromatic heterocycles. The van der Waals surface area contributed by atoms with Crippen LogP contribution < -0.4 is 10.5 Å². The summed E-state index contributed by atoms with van der Waals surface area (Å²) in [5.41, 5.74) is 4.29. The molecule has 1 atom stereocenters. The minimum absolute atomic E-state index is 0. The lowest BCUT2D eigenvalue weighted by Crippen LogP contribution is -2.28. The van der Waals surface area contributed by atoms with Crippen molar-refractivity contribution in [2.24, 2.45) is 12.8 Å². The number of benzene rings is 1. The molecule has 2 rings (SSSR count). The Morgan fingerprint density at radius 3 is 2.62 bits per heavy atom. The van der Waals surface area contributed by atoms with Crippen LogP contribution in [-0.2, 0) is 19.6 Å². The van der Waals surface area contributed by atoms with E-state index in [9.17, 15) is 13.2 Å². The van der Waals surface area contributed by atoms with Crippen molar-refractivity contribution in [1.29, 1.82) is 0 Å². The van der Waals surface area contributed by atoms with E-state index in [-0.39, 0.29) is 36.0 Å². The topological polar surface area (TPSA) is 73.3 Å². The van der Waals surface area contributed by atoms with Crippen LogP contribution in [0, 0.1) is 0 Å². The Morgan fingerprint density at radius 2 is 2.08 bits per heavy atom. The molecule has 1 heterocycles. The van der Waals surface area contributed by atoms with Gasteiger partial charge in [0.05, 0.1) is 6.61 Å². The van der Waals surface area contributed by atoms with Gasteiger partial charge in [-0.1, -0.05) is 17.7 Å². The molecule has 0 amide bonds. The molecule has 0 aliphatic carbocycles. The molecule has 0 radical (unpaired) electrons. The van der Waals surface area contributed by atoms with Gasteiger partial charge in [0.2, 0.25) is 5.88 Å². The second-order valence-corrected chi connectivity index (χ2v) is 5.40. The summed E-state index contributed by atoms with van der Waals surface area (Å²) in [5, 5.41) is 12.9. The van der Waals surface area contributed by atoms with E-state index in [1.54, 1.807) is 18.2 Å². The predicted molar refractivity (Wildman–Crippen MR) is 85.7 cm³/mol. The van der Waals surface area contributed by atoms with Gasteiger partial charge in [0.25, 0.3) is 0 Å². The maximum Gasteiger partial charge on any atom is 0.435 e. The molecule has 0 spiro atoms. The minimum Gasteiger partial charge on any atom is -0.439 e. The number of ether oxygens (including phenoxy) is 1. The van der Waals surface area contributed by atoms with E-state index in [1.165, 1.54) is 13.1 Å². The number of hydrogen-bond acceptors (Lipinski definition) is 4. The fourth-order valence-corrected chi connectivity index (χ4v) is 2.24. The van der Waals surface area contributed by atoms with Gasteiger partial charge in [-0.25, -0.2) is 4.68 Å². The summed E-state index contributed by atoms with van der Waals surface area (Å²) in [4.78, 5) is 0. The number of halogens is 5. The molecule has 3 N–H and O–H groups in total. The van der Waals surface area contributed by atoms with Crippen LogP contribution in [0.1, 0.15) is 11.3 Å².